The average molecular weight is 306 g/mol. The number of alkyl halides is 3. The number of para-hydroxylation sites is 1. The molecule has 1 aliphatic rings. The highest BCUT2D eigenvalue weighted by Crippen LogP contribution is 2.39. The summed E-state index contributed by atoms with van der Waals surface area (Å²) in [6.07, 6.45) is -3.51. The first kappa shape index (κ1) is 15.5. The topological polar surface area (TPSA) is 55.2 Å². The summed E-state index contributed by atoms with van der Waals surface area (Å²) in [4.78, 5) is 9.98. The molecule has 1 aromatic carbocycles. The Hall–Kier alpha value is -1.86. The number of anilines is 1. The molecule has 116 valence electrons. The van der Waals surface area contributed by atoms with E-state index in [4.69, 9.17) is 0 Å². The van der Waals surface area contributed by atoms with Gasteiger partial charge in [0.2, 0.25) is 5.82 Å². The van der Waals surface area contributed by atoms with Crippen molar-refractivity contribution in [1.29, 1.82) is 0 Å². The van der Waals surface area contributed by atoms with Crippen LogP contribution in [0.4, 0.5) is 28.9 Å². The molecule has 1 aliphatic carbocycles. The first-order valence-electron chi connectivity index (χ1n) is 6.55. The molecule has 0 heterocycles. The highest BCUT2D eigenvalue weighted by molar-refractivity contribution is 5.62. The van der Waals surface area contributed by atoms with Crippen LogP contribution in [0.1, 0.15) is 25.7 Å². The van der Waals surface area contributed by atoms with Crippen LogP contribution in [0.25, 0.3) is 0 Å². The van der Waals surface area contributed by atoms with Gasteiger partial charge >= 0.3 is 11.9 Å². The Bertz CT molecular complexity index is 533. The lowest BCUT2D eigenvalue weighted by Crippen LogP contribution is -2.34. The Morgan fingerprint density at radius 2 is 2.00 bits per heavy atom. The van der Waals surface area contributed by atoms with E-state index >= 15 is 0 Å². The van der Waals surface area contributed by atoms with Crippen molar-refractivity contribution < 1.29 is 22.5 Å². The Morgan fingerprint density at radius 3 is 2.62 bits per heavy atom. The van der Waals surface area contributed by atoms with Gasteiger partial charge in [-0.25, -0.2) is 0 Å². The second-order valence-electron chi connectivity index (χ2n) is 5.14. The number of rotatable bonds is 3. The molecule has 1 saturated carbocycles. The molecule has 0 spiro atoms. The third-order valence-corrected chi connectivity index (χ3v) is 3.67. The molecule has 1 aromatic rings. The molecule has 0 amide bonds. The van der Waals surface area contributed by atoms with Crippen LogP contribution >= 0.6 is 0 Å². The van der Waals surface area contributed by atoms with E-state index in [1.54, 1.807) is 0 Å². The molecule has 2 rings (SSSR count). The van der Waals surface area contributed by atoms with Gasteiger partial charge in [0.15, 0.2) is 0 Å². The summed E-state index contributed by atoms with van der Waals surface area (Å²) in [5, 5.41) is 13.5. The Morgan fingerprint density at radius 1 is 1.29 bits per heavy atom. The Kier molecular flexibility index (Phi) is 4.34. The van der Waals surface area contributed by atoms with Crippen LogP contribution in [0.2, 0.25) is 0 Å². The molecular formula is C13H14F4N2O2. The van der Waals surface area contributed by atoms with E-state index in [-0.39, 0.29) is 18.5 Å². The van der Waals surface area contributed by atoms with Crippen LogP contribution < -0.4 is 5.32 Å². The minimum Gasteiger partial charge on any atom is -0.377 e. The second kappa shape index (κ2) is 5.87. The van der Waals surface area contributed by atoms with E-state index in [2.05, 4.69) is 5.32 Å². The first-order chi connectivity index (χ1) is 9.79. The Labute approximate surface area is 118 Å². The lowest BCUT2D eigenvalue weighted by Gasteiger charge is -2.31. The summed E-state index contributed by atoms with van der Waals surface area (Å²) in [5.74, 6) is -2.43. The fraction of sp³-hybridized carbons (Fsp3) is 0.538. The van der Waals surface area contributed by atoms with Gasteiger partial charge in [0, 0.05) is 6.04 Å². The quantitative estimate of drug-likeness (QED) is 0.515. The summed E-state index contributed by atoms with van der Waals surface area (Å²) in [7, 11) is 0. The number of nitrogens with one attached hydrogen (secondary N) is 1. The van der Waals surface area contributed by atoms with E-state index < -0.39 is 34.6 Å². The van der Waals surface area contributed by atoms with Gasteiger partial charge in [0.25, 0.3) is 0 Å². The summed E-state index contributed by atoms with van der Waals surface area (Å²) in [6, 6.07) is 2.99. The van der Waals surface area contributed by atoms with Gasteiger partial charge in [-0.3, -0.25) is 10.1 Å². The largest absolute Gasteiger partial charge is 0.391 e. The van der Waals surface area contributed by atoms with E-state index in [0.717, 1.165) is 6.07 Å². The molecule has 8 heteroatoms. The van der Waals surface area contributed by atoms with E-state index in [1.165, 1.54) is 12.1 Å². The molecule has 0 aromatic heterocycles. The number of hydrogen-bond donors (Lipinski definition) is 1. The SMILES string of the molecule is O=[N+]([O-])c1c(F)cccc1NC1CCCC(C(F)(F)F)C1. The van der Waals surface area contributed by atoms with Crippen LogP contribution in [0.5, 0.6) is 0 Å². The lowest BCUT2D eigenvalue weighted by molar-refractivity contribution is -0.386. The minimum absolute atomic E-state index is 0.0624. The van der Waals surface area contributed by atoms with Crippen molar-refractivity contribution in [3.63, 3.8) is 0 Å². The van der Waals surface area contributed by atoms with Crippen molar-refractivity contribution in [2.45, 2.75) is 37.9 Å². The number of halogens is 4. The smallest absolute Gasteiger partial charge is 0.377 e. The second-order valence-corrected chi connectivity index (χ2v) is 5.14. The maximum absolute atomic E-state index is 13.5. The predicted molar refractivity (Wildman–Crippen MR) is 68.5 cm³/mol. The molecule has 2 unspecified atom stereocenters. The lowest BCUT2D eigenvalue weighted by atomic mass is 9.85. The number of benzene rings is 1. The van der Waals surface area contributed by atoms with Crippen molar-refractivity contribution in [3.05, 3.63) is 34.1 Å². The molecular weight excluding hydrogens is 292 g/mol. The normalized spacial score (nSPS) is 22.9. The standard InChI is InChI=1S/C13H14F4N2O2/c14-10-5-2-6-11(12(10)19(20)21)18-9-4-1-3-8(7-9)13(15,16)17/h2,5-6,8-9,18H,1,3-4,7H2. The molecule has 21 heavy (non-hydrogen) atoms. The van der Waals surface area contributed by atoms with Gasteiger partial charge in [-0.15, -0.1) is 0 Å². The first-order valence-corrected chi connectivity index (χ1v) is 6.55. The van der Waals surface area contributed by atoms with Crippen LogP contribution in [-0.4, -0.2) is 17.1 Å². The van der Waals surface area contributed by atoms with Gasteiger partial charge in [-0.05, 0) is 31.4 Å². The van der Waals surface area contributed by atoms with Crippen molar-refractivity contribution >= 4 is 11.4 Å². The molecule has 4 nitrogen and oxygen atoms in total. The maximum atomic E-state index is 13.5. The highest BCUT2D eigenvalue weighted by atomic mass is 19.4. The molecule has 1 fully saturated rings. The van der Waals surface area contributed by atoms with Crippen molar-refractivity contribution in [1.82, 2.24) is 0 Å². The zero-order valence-corrected chi connectivity index (χ0v) is 11.0. The maximum Gasteiger partial charge on any atom is 0.391 e. The van der Waals surface area contributed by atoms with Crippen LogP contribution in [0.15, 0.2) is 18.2 Å². The third-order valence-electron chi connectivity index (χ3n) is 3.67. The summed E-state index contributed by atoms with van der Waals surface area (Å²) >= 11 is 0. The van der Waals surface area contributed by atoms with Crippen LogP contribution in [0.3, 0.4) is 0 Å². The summed E-state index contributed by atoms with van der Waals surface area (Å²) in [6.45, 7) is 0. The Balaban J connectivity index is 2.15. The summed E-state index contributed by atoms with van der Waals surface area (Å²) in [5.41, 5.74) is -0.806. The molecule has 0 radical (unpaired) electrons. The van der Waals surface area contributed by atoms with E-state index in [1.807, 2.05) is 0 Å². The molecule has 0 aliphatic heterocycles. The fourth-order valence-corrected chi connectivity index (χ4v) is 2.66. The average Bonchev–Trinajstić information content (AvgIpc) is 2.37. The third kappa shape index (κ3) is 3.62. The molecule has 0 saturated heterocycles. The number of hydrogen-bond acceptors (Lipinski definition) is 3. The number of nitrogens with zero attached hydrogens (tertiary/aromatic N) is 1. The number of nitro groups is 1. The van der Waals surface area contributed by atoms with E-state index in [9.17, 15) is 27.7 Å². The van der Waals surface area contributed by atoms with Gasteiger partial charge in [0.05, 0.1) is 10.8 Å². The van der Waals surface area contributed by atoms with Crippen LogP contribution in [0, 0.1) is 21.8 Å². The zero-order chi connectivity index (χ0) is 15.6. The molecule has 2 atom stereocenters. The molecule has 0 bridgehead atoms. The van der Waals surface area contributed by atoms with Crippen molar-refractivity contribution in [2.75, 3.05) is 5.32 Å². The predicted octanol–water partition coefficient (Wildman–Crippen LogP) is 4.27. The van der Waals surface area contributed by atoms with Gasteiger partial charge in [-0.2, -0.15) is 17.6 Å². The van der Waals surface area contributed by atoms with Gasteiger partial charge in [0.1, 0.15) is 5.69 Å². The highest BCUT2D eigenvalue weighted by Gasteiger charge is 2.42. The van der Waals surface area contributed by atoms with E-state index in [0.29, 0.717) is 12.8 Å². The fourth-order valence-electron chi connectivity index (χ4n) is 2.66. The summed E-state index contributed by atoms with van der Waals surface area (Å²) < 4.78 is 51.6. The van der Waals surface area contributed by atoms with Gasteiger partial charge in [-0.1, -0.05) is 12.5 Å². The van der Waals surface area contributed by atoms with Crippen LogP contribution in [-0.2, 0) is 0 Å². The molecule has 1 N–H and O–H groups in total. The number of nitro benzene ring substituents is 1. The monoisotopic (exact) mass is 306 g/mol. The zero-order valence-electron chi connectivity index (χ0n) is 11.0. The van der Waals surface area contributed by atoms with Gasteiger partial charge < -0.3 is 5.32 Å². The van der Waals surface area contributed by atoms with Crippen molar-refractivity contribution in [2.24, 2.45) is 5.92 Å². The minimum atomic E-state index is -4.27. The van der Waals surface area contributed by atoms with Crippen molar-refractivity contribution in [3.8, 4) is 0 Å².